The third kappa shape index (κ3) is 5.13. The van der Waals surface area contributed by atoms with Gasteiger partial charge in [-0.15, -0.1) is 0 Å². The molecule has 0 fully saturated rings. The van der Waals surface area contributed by atoms with Gasteiger partial charge in [0.2, 0.25) is 10.0 Å². The van der Waals surface area contributed by atoms with Gasteiger partial charge in [-0.05, 0) is 24.1 Å². The molecule has 0 aromatic heterocycles. The highest BCUT2D eigenvalue weighted by molar-refractivity contribution is 7.89. The van der Waals surface area contributed by atoms with E-state index in [1.54, 1.807) is 24.3 Å². The van der Waals surface area contributed by atoms with Crippen molar-refractivity contribution in [2.75, 3.05) is 5.75 Å². The Labute approximate surface area is 93.7 Å². The molecule has 0 aliphatic rings. The van der Waals surface area contributed by atoms with Crippen LogP contribution in [-0.4, -0.2) is 25.4 Å². The van der Waals surface area contributed by atoms with Gasteiger partial charge in [-0.25, -0.2) is 13.6 Å². The summed E-state index contributed by atoms with van der Waals surface area (Å²) in [5.41, 5.74) is 0.815. The first-order chi connectivity index (χ1) is 6.87. The van der Waals surface area contributed by atoms with Crippen LogP contribution in [0, 0.1) is 0 Å². The lowest BCUT2D eigenvalue weighted by Crippen LogP contribution is -2.27. The van der Waals surface area contributed by atoms with Crippen LogP contribution in [0.3, 0.4) is 0 Å². The fourth-order valence-electron chi connectivity index (χ4n) is 1.22. The number of sulfonamides is 1. The molecule has 0 aliphatic heterocycles. The Hall–Kier alpha value is -0.620. The molecule has 4 nitrogen and oxygen atoms in total. The van der Waals surface area contributed by atoms with Gasteiger partial charge in [0.05, 0.1) is 11.9 Å². The smallest absolute Gasteiger partial charge is 0.211 e. The van der Waals surface area contributed by atoms with Gasteiger partial charge in [0.1, 0.15) is 0 Å². The number of aliphatic hydroxyl groups is 1. The van der Waals surface area contributed by atoms with Crippen LogP contribution in [0.4, 0.5) is 0 Å². The molecule has 84 valence electrons. The van der Waals surface area contributed by atoms with E-state index in [2.05, 4.69) is 0 Å². The molecule has 0 bridgehead atoms. The number of hydrogen-bond acceptors (Lipinski definition) is 3. The molecule has 0 aliphatic carbocycles. The van der Waals surface area contributed by atoms with E-state index >= 15 is 0 Å². The lowest BCUT2D eigenvalue weighted by atomic mass is 10.1. The quantitative estimate of drug-likeness (QED) is 0.817. The van der Waals surface area contributed by atoms with Gasteiger partial charge >= 0.3 is 0 Å². The standard InChI is InChI=1S/C9H12ClNO3S/c10-8-3-1-7(2-4-8)5-9(12)6-15(11,13)14/h1-4,9,12H,5-6H2,(H2,11,13,14). The first kappa shape index (κ1) is 12.4. The fourth-order valence-corrected chi connectivity index (χ4v) is 2.00. The van der Waals surface area contributed by atoms with Gasteiger partial charge in [-0.1, -0.05) is 23.7 Å². The maximum absolute atomic E-state index is 10.7. The maximum atomic E-state index is 10.7. The summed E-state index contributed by atoms with van der Waals surface area (Å²) in [5.74, 6) is -0.435. The monoisotopic (exact) mass is 249 g/mol. The highest BCUT2D eigenvalue weighted by atomic mass is 35.5. The summed E-state index contributed by atoms with van der Waals surface area (Å²) in [6.45, 7) is 0. The van der Waals surface area contributed by atoms with Crippen LogP contribution in [0.15, 0.2) is 24.3 Å². The molecule has 1 aromatic carbocycles. The molecule has 1 rings (SSSR count). The number of aliphatic hydroxyl groups excluding tert-OH is 1. The van der Waals surface area contributed by atoms with Crippen LogP contribution < -0.4 is 5.14 Å². The summed E-state index contributed by atoms with van der Waals surface area (Å²) in [7, 11) is -3.63. The molecule has 6 heteroatoms. The Morgan fingerprint density at radius 2 is 1.87 bits per heavy atom. The zero-order valence-electron chi connectivity index (χ0n) is 7.93. The molecule has 15 heavy (non-hydrogen) atoms. The molecule has 0 spiro atoms. The predicted octanol–water partition coefficient (Wildman–Crippen LogP) is 0.532. The second-order valence-corrected chi connectivity index (χ2v) is 5.41. The molecule has 0 saturated carbocycles. The highest BCUT2D eigenvalue weighted by Gasteiger charge is 2.13. The summed E-state index contributed by atoms with van der Waals surface area (Å²) < 4.78 is 21.4. The van der Waals surface area contributed by atoms with E-state index in [1.807, 2.05) is 0 Å². The lowest BCUT2D eigenvalue weighted by Gasteiger charge is -2.08. The van der Waals surface area contributed by atoms with Crippen molar-refractivity contribution in [1.29, 1.82) is 0 Å². The van der Waals surface area contributed by atoms with Gasteiger partial charge in [0.25, 0.3) is 0 Å². The first-order valence-corrected chi connectivity index (χ1v) is 6.39. The summed E-state index contributed by atoms with van der Waals surface area (Å²) in [6, 6.07) is 6.82. The summed E-state index contributed by atoms with van der Waals surface area (Å²) >= 11 is 5.68. The fraction of sp³-hybridized carbons (Fsp3) is 0.333. The van der Waals surface area contributed by atoms with Crippen LogP contribution in [0.5, 0.6) is 0 Å². The van der Waals surface area contributed by atoms with Crippen molar-refractivity contribution in [2.24, 2.45) is 5.14 Å². The van der Waals surface area contributed by atoms with Crippen LogP contribution in [0.25, 0.3) is 0 Å². The topological polar surface area (TPSA) is 80.4 Å². The second-order valence-electron chi connectivity index (χ2n) is 3.31. The van der Waals surface area contributed by atoms with Crippen molar-refractivity contribution in [3.63, 3.8) is 0 Å². The third-order valence-electron chi connectivity index (χ3n) is 1.81. The van der Waals surface area contributed by atoms with Gasteiger partial charge in [0.15, 0.2) is 0 Å². The second kappa shape index (κ2) is 4.94. The largest absolute Gasteiger partial charge is 0.392 e. The Balaban J connectivity index is 2.59. The molecule has 1 unspecified atom stereocenters. The van der Waals surface area contributed by atoms with Crippen LogP contribution in [0.2, 0.25) is 5.02 Å². The summed E-state index contributed by atoms with van der Waals surface area (Å²) in [6.07, 6.45) is -0.741. The number of hydrogen-bond donors (Lipinski definition) is 2. The highest BCUT2D eigenvalue weighted by Crippen LogP contribution is 2.11. The van der Waals surface area contributed by atoms with E-state index in [1.165, 1.54) is 0 Å². The number of primary sulfonamides is 1. The van der Waals surface area contributed by atoms with Crippen molar-refractivity contribution < 1.29 is 13.5 Å². The van der Waals surface area contributed by atoms with E-state index in [-0.39, 0.29) is 6.42 Å². The minimum atomic E-state index is -3.63. The first-order valence-electron chi connectivity index (χ1n) is 4.30. The van der Waals surface area contributed by atoms with E-state index in [0.29, 0.717) is 5.02 Å². The normalized spacial score (nSPS) is 13.8. The number of halogens is 1. The van der Waals surface area contributed by atoms with Crippen molar-refractivity contribution >= 4 is 21.6 Å². The van der Waals surface area contributed by atoms with Crippen molar-refractivity contribution in [3.05, 3.63) is 34.9 Å². The Kier molecular flexibility index (Phi) is 4.10. The molecular weight excluding hydrogens is 238 g/mol. The Morgan fingerprint density at radius 3 is 2.33 bits per heavy atom. The van der Waals surface area contributed by atoms with Crippen LogP contribution >= 0.6 is 11.6 Å². The van der Waals surface area contributed by atoms with Gasteiger partial charge < -0.3 is 5.11 Å². The third-order valence-corrected chi connectivity index (χ3v) is 2.91. The van der Waals surface area contributed by atoms with Crippen LogP contribution in [-0.2, 0) is 16.4 Å². The zero-order chi connectivity index (χ0) is 11.5. The van der Waals surface area contributed by atoms with E-state index in [9.17, 15) is 13.5 Å². The SMILES string of the molecule is NS(=O)(=O)CC(O)Cc1ccc(Cl)cc1. The van der Waals surface area contributed by atoms with E-state index < -0.39 is 21.9 Å². The molecule has 1 aromatic rings. The minimum absolute atomic E-state index is 0.244. The molecule has 1 atom stereocenters. The lowest BCUT2D eigenvalue weighted by molar-refractivity contribution is 0.198. The number of benzene rings is 1. The molecule has 0 saturated heterocycles. The summed E-state index contributed by atoms with van der Waals surface area (Å²) in [5, 5.41) is 14.8. The molecule has 0 radical (unpaired) electrons. The zero-order valence-corrected chi connectivity index (χ0v) is 9.50. The molecule has 0 amide bonds. The van der Waals surface area contributed by atoms with Crippen molar-refractivity contribution in [1.82, 2.24) is 0 Å². The predicted molar refractivity (Wildman–Crippen MR) is 59.1 cm³/mol. The number of rotatable bonds is 4. The molecule has 0 heterocycles. The van der Waals surface area contributed by atoms with E-state index in [4.69, 9.17) is 16.7 Å². The molecular formula is C9H12ClNO3S. The summed E-state index contributed by atoms with van der Waals surface area (Å²) in [4.78, 5) is 0. The average molecular weight is 250 g/mol. The van der Waals surface area contributed by atoms with Crippen LogP contribution in [0.1, 0.15) is 5.56 Å². The van der Waals surface area contributed by atoms with Gasteiger partial charge in [0, 0.05) is 5.02 Å². The Morgan fingerprint density at radius 1 is 1.33 bits per heavy atom. The minimum Gasteiger partial charge on any atom is -0.392 e. The van der Waals surface area contributed by atoms with E-state index in [0.717, 1.165) is 5.56 Å². The Bertz CT molecular complexity index is 415. The molecule has 3 N–H and O–H groups in total. The van der Waals surface area contributed by atoms with Crippen molar-refractivity contribution in [3.8, 4) is 0 Å². The van der Waals surface area contributed by atoms with Gasteiger partial charge in [-0.3, -0.25) is 0 Å². The maximum Gasteiger partial charge on any atom is 0.211 e. The van der Waals surface area contributed by atoms with Gasteiger partial charge in [-0.2, -0.15) is 0 Å². The van der Waals surface area contributed by atoms with Crippen molar-refractivity contribution in [2.45, 2.75) is 12.5 Å². The average Bonchev–Trinajstić information content (AvgIpc) is 2.05. The number of nitrogens with two attached hydrogens (primary N) is 1.